The van der Waals surface area contributed by atoms with E-state index in [2.05, 4.69) is 15.0 Å². The van der Waals surface area contributed by atoms with Crippen LogP contribution in [-0.2, 0) is 10.0 Å². The molecule has 5 nitrogen and oxygen atoms in total. The van der Waals surface area contributed by atoms with Crippen LogP contribution in [-0.4, -0.2) is 31.7 Å². The van der Waals surface area contributed by atoms with Gasteiger partial charge >= 0.3 is 0 Å². The fraction of sp³-hybridized carbons (Fsp3) is 0.727. The van der Waals surface area contributed by atoms with Crippen molar-refractivity contribution in [2.75, 3.05) is 17.0 Å². The molecular formula is C11H19N3O2S2. The van der Waals surface area contributed by atoms with Crippen LogP contribution in [0.2, 0.25) is 0 Å². The lowest BCUT2D eigenvalue weighted by molar-refractivity contribution is 0.393. The van der Waals surface area contributed by atoms with Gasteiger partial charge in [0, 0.05) is 11.4 Å². The van der Waals surface area contributed by atoms with Crippen molar-refractivity contribution in [1.82, 2.24) is 10.3 Å². The second-order valence-corrected chi connectivity index (χ2v) is 7.35. The average Bonchev–Trinajstić information content (AvgIpc) is 2.73. The number of hydrogen-bond acceptors (Lipinski definition) is 5. The van der Waals surface area contributed by atoms with Gasteiger partial charge in [0.05, 0.1) is 11.4 Å². The molecule has 0 saturated carbocycles. The monoisotopic (exact) mass is 289 g/mol. The molecule has 0 radical (unpaired) electrons. The SMILES string of the molecule is Cc1csc(NS(=O)(=O)CCC2CCCCN2)n1. The topological polar surface area (TPSA) is 71.1 Å². The lowest BCUT2D eigenvalue weighted by Gasteiger charge is -2.23. The van der Waals surface area contributed by atoms with E-state index in [1.54, 1.807) is 0 Å². The van der Waals surface area contributed by atoms with Gasteiger partial charge in [-0.15, -0.1) is 11.3 Å². The molecule has 2 rings (SSSR count). The first kappa shape index (κ1) is 13.8. The van der Waals surface area contributed by atoms with Gasteiger partial charge in [0.1, 0.15) is 0 Å². The third kappa shape index (κ3) is 4.22. The molecule has 7 heteroatoms. The summed E-state index contributed by atoms with van der Waals surface area (Å²) in [5.74, 6) is 0.156. The zero-order valence-electron chi connectivity index (χ0n) is 10.5. The van der Waals surface area contributed by atoms with Crippen LogP contribution in [0.15, 0.2) is 5.38 Å². The molecule has 0 spiro atoms. The molecule has 1 aliphatic heterocycles. The predicted octanol–water partition coefficient (Wildman–Crippen LogP) is 1.73. The van der Waals surface area contributed by atoms with Crippen LogP contribution in [0.5, 0.6) is 0 Å². The van der Waals surface area contributed by atoms with Crippen LogP contribution >= 0.6 is 11.3 Å². The lowest BCUT2D eigenvalue weighted by Crippen LogP contribution is -2.36. The smallest absolute Gasteiger partial charge is 0.234 e. The standard InChI is InChI=1S/C11H19N3O2S2/c1-9-8-17-11(13-9)14-18(15,16)7-5-10-4-2-3-6-12-10/h8,10,12H,2-7H2,1H3,(H,13,14). The van der Waals surface area contributed by atoms with Gasteiger partial charge in [0.15, 0.2) is 5.13 Å². The van der Waals surface area contributed by atoms with E-state index in [0.717, 1.165) is 18.7 Å². The number of piperidine rings is 1. The molecule has 102 valence electrons. The molecular weight excluding hydrogens is 270 g/mol. The largest absolute Gasteiger partial charge is 0.314 e. The van der Waals surface area contributed by atoms with Crippen molar-refractivity contribution in [3.63, 3.8) is 0 Å². The number of aromatic nitrogens is 1. The minimum absolute atomic E-state index is 0.156. The molecule has 18 heavy (non-hydrogen) atoms. The zero-order chi connectivity index (χ0) is 13.0. The summed E-state index contributed by atoms with van der Waals surface area (Å²) >= 11 is 1.32. The maximum Gasteiger partial charge on any atom is 0.234 e. The molecule has 1 aromatic heterocycles. The van der Waals surface area contributed by atoms with Crippen LogP contribution in [0.3, 0.4) is 0 Å². The van der Waals surface area contributed by atoms with Gasteiger partial charge in [-0.2, -0.15) is 0 Å². The van der Waals surface area contributed by atoms with Gasteiger partial charge in [0.25, 0.3) is 0 Å². The van der Waals surface area contributed by atoms with Crippen molar-refractivity contribution in [2.45, 2.75) is 38.6 Å². The van der Waals surface area contributed by atoms with Crippen molar-refractivity contribution in [3.8, 4) is 0 Å². The summed E-state index contributed by atoms with van der Waals surface area (Å²) in [5.41, 5.74) is 0.839. The Kier molecular flexibility index (Phi) is 4.58. The normalized spacial score (nSPS) is 20.8. The van der Waals surface area contributed by atoms with Gasteiger partial charge in [-0.25, -0.2) is 13.4 Å². The zero-order valence-corrected chi connectivity index (χ0v) is 12.1. The molecule has 1 aliphatic rings. The summed E-state index contributed by atoms with van der Waals surface area (Å²) in [6.45, 7) is 2.85. The van der Waals surface area contributed by atoms with E-state index in [-0.39, 0.29) is 5.75 Å². The number of rotatable bonds is 5. The van der Waals surface area contributed by atoms with Crippen molar-refractivity contribution < 1.29 is 8.42 Å². The molecule has 0 amide bonds. The van der Waals surface area contributed by atoms with E-state index in [1.165, 1.54) is 24.2 Å². The highest BCUT2D eigenvalue weighted by molar-refractivity contribution is 7.92. The Morgan fingerprint density at radius 1 is 1.56 bits per heavy atom. The quantitative estimate of drug-likeness (QED) is 0.866. The number of sulfonamides is 1. The van der Waals surface area contributed by atoms with Crippen LogP contribution in [0.1, 0.15) is 31.4 Å². The number of anilines is 1. The third-order valence-corrected chi connectivity index (χ3v) is 5.29. The summed E-state index contributed by atoms with van der Waals surface area (Å²) < 4.78 is 26.3. The number of nitrogens with zero attached hydrogens (tertiary/aromatic N) is 1. The van der Waals surface area contributed by atoms with Gasteiger partial charge < -0.3 is 5.32 Å². The third-order valence-electron chi connectivity index (χ3n) is 3.01. The van der Waals surface area contributed by atoms with Crippen LogP contribution in [0, 0.1) is 6.92 Å². The highest BCUT2D eigenvalue weighted by Gasteiger charge is 2.18. The molecule has 0 aliphatic carbocycles. The minimum Gasteiger partial charge on any atom is -0.314 e. The van der Waals surface area contributed by atoms with Gasteiger partial charge in [0.2, 0.25) is 10.0 Å². The molecule has 1 atom stereocenters. The van der Waals surface area contributed by atoms with E-state index >= 15 is 0 Å². The highest BCUT2D eigenvalue weighted by atomic mass is 32.2. The number of aryl methyl sites for hydroxylation is 1. The Morgan fingerprint density at radius 2 is 2.39 bits per heavy atom. The number of thiazole rings is 1. The van der Waals surface area contributed by atoms with E-state index in [0.29, 0.717) is 17.6 Å². The first-order valence-corrected chi connectivity index (χ1v) is 8.74. The first-order chi connectivity index (χ1) is 8.55. The summed E-state index contributed by atoms with van der Waals surface area (Å²) in [6.07, 6.45) is 4.13. The van der Waals surface area contributed by atoms with E-state index in [1.807, 2.05) is 12.3 Å². The fourth-order valence-electron chi connectivity index (χ4n) is 2.05. The second-order valence-electron chi connectivity index (χ2n) is 4.65. The predicted molar refractivity (Wildman–Crippen MR) is 74.5 cm³/mol. The van der Waals surface area contributed by atoms with Gasteiger partial charge in [-0.3, -0.25) is 4.72 Å². The molecule has 2 heterocycles. The summed E-state index contributed by atoms with van der Waals surface area (Å²) in [6, 6.07) is 0.341. The molecule has 2 N–H and O–H groups in total. The molecule has 1 saturated heterocycles. The van der Waals surface area contributed by atoms with Gasteiger partial charge in [-0.1, -0.05) is 6.42 Å². The molecule has 0 bridgehead atoms. The second kappa shape index (κ2) is 5.99. The van der Waals surface area contributed by atoms with Crippen LogP contribution in [0.4, 0.5) is 5.13 Å². The van der Waals surface area contributed by atoms with Gasteiger partial charge in [-0.05, 0) is 32.7 Å². The molecule has 1 unspecified atom stereocenters. The van der Waals surface area contributed by atoms with E-state index in [9.17, 15) is 8.42 Å². The molecule has 1 fully saturated rings. The van der Waals surface area contributed by atoms with E-state index in [4.69, 9.17) is 0 Å². The van der Waals surface area contributed by atoms with E-state index < -0.39 is 10.0 Å². The minimum atomic E-state index is -3.26. The molecule has 0 aromatic carbocycles. The summed E-state index contributed by atoms with van der Waals surface area (Å²) in [4.78, 5) is 4.10. The maximum absolute atomic E-state index is 11.9. The van der Waals surface area contributed by atoms with Crippen molar-refractivity contribution >= 4 is 26.5 Å². The number of hydrogen-bond donors (Lipinski definition) is 2. The lowest BCUT2D eigenvalue weighted by atomic mass is 10.0. The number of nitrogens with one attached hydrogen (secondary N) is 2. The first-order valence-electron chi connectivity index (χ1n) is 6.21. The van der Waals surface area contributed by atoms with Crippen molar-refractivity contribution in [2.24, 2.45) is 0 Å². The highest BCUT2D eigenvalue weighted by Crippen LogP contribution is 2.17. The summed E-state index contributed by atoms with van der Waals surface area (Å²) in [7, 11) is -3.26. The summed E-state index contributed by atoms with van der Waals surface area (Å²) in [5, 5.41) is 5.65. The Labute approximate surface area is 112 Å². The van der Waals surface area contributed by atoms with Crippen LogP contribution < -0.4 is 10.0 Å². The molecule has 1 aromatic rings. The Bertz CT molecular complexity index is 478. The Balaban J connectivity index is 1.83. The Hall–Kier alpha value is -0.660. The van der Waals surface area contributed by atoms with Crippen molar-refractivity contribution in [3.05, 3.63) is 11.1 Å². The van der Waals surface area contributed by atoms with Crippen LogP contribution in [0.25, 0.3) is 0 Å². The van der Waals surface area contributed by atoms with Crippen molar-refractivity contribution in [1.29, 1.82) is 0 Å². The Morgan fingerprint density at radius 3 is 3.00 bits per heavy atom. The fourth-order valence-corrected chi connectivity index (χ4v) is 4.17. The average molecular weight is 289 g/mol. The maximum atomic E-state index is 11.9.